The fourth-order valence-electron chi connectivity index (χ4n) is 3.92. The van der Waals surface area contributed by atoms with Gasteiger partial charge in [-0.2, -0.15) is 0 Å². The summed E-state index contributed by atoms with van der Waals surface area (Å²) in [6.07, 6.45) is 6.04. The van der Waals surface area contributed by atoms with E-state index in [2.05, 4.69) is 10.2 Å². The van der Waals surface area contributed by atoms with Crippen molar-refractivity contribution in [2.24, 2.45) is 0 Å². The monoisotopic (exact) mass is 347 g/mol. The molecule has 1 aliphatic carbocycles. The van der Waals surface area contributed by atoms with E-state index in [1.807, 2.05) is 31.0 Å². The number of amides is 2. The van der Waals surface area contributed by atoms with Crippen molar-refractivity contribution in [1.29, 1.82) is 0 Å². The van der Waals surface area contributed by atoms with E-state index in [0.717, 1.165) is 30.9 Å². The second-order valence-electron chi connectivity index (χ2n) is 7.29. The van der Waals surface area contributed by atoms with Crippen LogP contribution < -0.4 is 5.32 Å². The van der Waals surface area contributed by atoms with Crippen molar-refractivity contribution in [2.75, 3.05) is 20.1 Å². The number of hydrogen-bond acceptors (Lipinski definition) is 4. The molecule has 0 spiro atoms. The molecule has 0 unspecified atom stereocenters. The molecular weight excluding hydrogens is 318 g/mol. The highest BCUT2D eigenvalue weighted by Gasteiger charge is 2.34. The maximum Gasteiger partial charge on any atom is 0.237 e. The van der Waals surface area contributed by atoms with Crippen molar-refractivity contribution >= 4 is 11.8 Å². The summed E-state index contributed by atoms with van der Waals surface area (Å²) in [6.45, 7) is 3.82. The molecule has 1 N–H and O–H groups in total. The minimum Gasteiger partial charge on any atom is -0.465 e. The van der Waals surface area contributed by atoms with Crippen LogP contribution in [0.25, 0.3) is 0 Å². The van der Waals surface area contributed by atoms with Gasteiger partial charge in [0.15, 0.2) is 0 Å². The highest BCUT2D eigenvalue weighted by atomic mass is 16.3. The Morgan fingerprint density at radius 1 is 1.32 bits per heavy atom. The van der Waals surface area contributed by atoms with Crippen LogP contribution >= 0.6 is 0 Å². The molecule has 2 amide bonds. The third-order valence-electron chi connectivity index (χ3n) is 5.48. The molecule has 1 atom stereocenters. The first-order valence-electron chi connectivity index (χ1n) is 9.37. The summed E-state index contributed by atoms with van der Waals surface area (Å²) in [5.41, 5.74) is 0. The molecule has 138 valence electrons. The third-order valence-corrected chi connectivity index (χ3v) is 5.48. The number of nitrogens with zero attached hydrogens (tertiary/aromatic N) is 2. The number of rotatable bonds is 5. The van der Waals surface area contributed by atoms with Crippen LogP contribution in [0.3, 0.4) is 0 Å². The molecule has 3 rings (SSSR count). The number of carbonyl (C=O) groups is 2. The lowest BCUT2D eigenvalue weighted by Crippen LogP contribution is -2.56. The van der Waals surface area contributed by atoms with Crippen LogP contribution in [-0.4, -0.2) is 53.8 Å². The van der Waals surface area contributed by atoms with Gasteiger partial charge in [-0.1, -0.05) is 19.3 Å². The lowest BCUT2D eigenvalue weighted by Gasteiger charge is -2.36. The highest BCUT2D eigenvalue weighted by molar-refractivity contribution is 5.88. The van der Waals surface area contributed by atoms with E-state index in [1.54, 1.807) is 0 Å². The predicted molar refractivity (Wildman–Crippen MR) is 94.9 cm³/mol. The van der Waals surface area contributed by atoms with E-state index in [9.17, 15) is 9.59 Å². The second-order valence-corrected chi connectivity index (χ2v) is 7.29. The molecule has 1 aromatic heterocycles. The fourth-order valence-corrected chi connectivity index (χ4v) is 3.92. The molecule has 0 radical (unpaired) electrons. The van der Waals surface area contributed by atoms with E-state index < -0.39 is 6.04 Å². The zero-order chi connectivity index (χ0) is 17.8. The van der Waals surface area contributed by atoms with Gasteiger partial charge in [0.25, 0.3) is 0 Å². The largest absolute Gasteiger partial charge is 0.465 e. The summed E-state index contributed by atoms with van der Waals surface area (Å²) in [5.74, 6) is 1.71. The first-order chi connectivity index (χ1) is 12.0. The number of aryl methyl sites for hydroxylation is 1. The molecule has 1 saturated heterocycles. The van der Waals surface area contributed by atoms with Gasteiger partial charge in [-0.3, -0.25) is 14.5 Å². The summed E-state index contributed by atoms with van der Waals surface area (Å²) in [7, 11) is 1.89. The molecular formula is C19H29N3O3. The van der Waals surface area contributed by atoms with Gasteiger partial charge in [0.1, 0.15) is 11.5 Å². The quantitative estimate of drug-likeness (QED) is 0.885. The Labute approximate surface area is 149 Å². The molecule has 2 fully saturated rings. The number of nitrogens with one attached hydrogen (secondary N) is 1. The smallest absolute Gasteiger partial charge is 0.237 e. The van der Waals surface area contributed by atoms with Crippen LogP contribution in [0.4, 0.5) is 0 Å². The van der Waals surface area contributed by atoms with Crippen LogP contribution in [0, 0.1) is 6.92 Å². The lowest BCUT2D eigenvalue weighted by atomic mass is 9.94. The molecule has 1 aliphatic heterocycles. The topological polar surface area (TPSA) is 65.8 Å². The minimum atomic E-state index is -0.419. The van der Waals surface area contributed by atoms with Crippen molar-refractivity contribution in [3.05, 3.63) is 23.7 Å². The van der Waals surface area contributed by atoms with E-state index >= 15 is 0 Å². The van der Waals surface area contributed by atoms with Gasteiger partial charge in [0, 0.05) is 26.2 Å². The van der Waals surface area contributed by atoms with Gasteiger partial charge < -0.3 is 14.6 Å². The van der Waals surface area contributed by atoms with Crippen molar-refractivity contribution in [3.8, 4) is 0 Å². The van der Waals surface area contributed by atoms with Crippen LogP contribution in [0.2, 0.25) is 0 Å². The Morgan fingerprint density at radius 2 is 2.08 bits per heavy atom. The summed E-state index contributed by atoms with van der Waals surface area (Å²) in [5, 5.41) is 2.89. The highest BCUT2D eigenvalue weighted by Crippen LogP contribution is 2.23. The Bertz CT molecular complexity index is 607. The normalized spacial score (nSPS) is 22.6. The molecule has 0 aromatic carbocycles. The molecule has 25 heavy (non-hydrogen) atoms. The van der Waals surface area contributed by atoms with Gasteiger partial charge in [0.05, 0.1) is 19.0 Å². The second kappa shape index (κ2) is 8.04. The van der Waals surface area contributed by atoms with Gasteiger partial charge in [-0.05, 0) is 31.9 Å². The van der Waals surface area contributed by atoms with Crippen LogP contribution in [0.15, 0.2) is 16.5 Å². The molecule has 6 heteroatoms. The summed E-state index contributed by atoms with van der Waals surface area (Å²) in [4.78, 5) is 29.1. The SMILES string of the molecule is Cc1ccc(CN2CCNC(=O)[C@@H]2CC(=O)N(C)C2CCCCC2)o1. The average molecular weight is 347 g/mol. The standard InChI is InChI=1S/C19H29N3O3/c1-14-8-9-16(25-14)13-22-11-10-20-19(24)17(22)12-18(23)21(2)15-6-4-3-5-7-15/h8-9,15,17H,3-7,10-13H2,1-2H3,(H,20,24)/t17-/m0/s1. The summed E-state index contributed by atoms with van der Waals surface area (Å²) < 4.78 is 5.65. The Balaban J connectivity index is 1.63. The minimum absolute atomic E-state index is 0.0556. The van der Waals surface area contributed by atoms with Crippen LogP contribution in [-0.2, 0) is 16.1 Å². The van der Waals surface area contributed by atoms with Crippen molar-refractivity contribution < 1.29 is 14.0 Å². The maximum absolute atomic E-state index is 12.8. The zero-order valence-corrected chi connectivity index (χ0v) is 15.3. The molecule has 1 aromatic rings. The Hall–Kier alpha value is -1.82. The van der Waals surface area contributed by atoms with Gasteiger partial charge in [0.2, 0.25) is 11.8 Å². The molecule has 1 saturated carbocycles. The maximum atomic E-state index is 12.8. The van der Waals surface area contributed by atoms with Crippen molar-refractivity contribution in [1.82, 2.24) is 15.1 Å². The van der Waals surface area contributed by atoms with E-state index in [0.29, 0.717) is 19.1 Å². The van der Waals surface area contributed by atoms with Crippen LogP contribution in [0.5, 0.6) is 0 Å². The lowest BCUT2D eigenvalue weighted by molar-refractivity contribution is -0.140. The number of piperazine rings is 1. The van der Waals surface area contributed by atoms with Gasteiger partial charge in [-0.25, -0.2) is 0 Å². The van der Waals surface area contributed by atoms with E-state index in [-0.39, 0.29) is 18.2 Å². The molecule has 0 bridgehead atoms. The number of furan rings is 1. The fraction of sp³-hybridized carbons (Fsp3) is 0.684. The first-order valence-corrected chi connectivity index (χ1v) is 9.37. The van der Waals surface area contributed by atoms with E-state index in [4.69, 9.17) is 4.42 Å². The summed E-state index contributed by atoms with van der Waals surface area (Å²) in [6, 6.07) is 3.78. The predicted octanol–water partition coefficient (Wildman–Crippen LogP) is 2.07. The molecule has 6 nitrogen and oxygen atoms in total. The zero-order valence-electron chi connectivity index (χ0n) is 15.3. The average Bonchev–Trinajstić information content (AvgIpc) is 3.03. The van der Waals surface area contributed by atoms with Gasteiger partial charge >= 0.3 is 0 Å². The first kappa shape index (κ1) is 18.0. The Kier molecular flexibility index (Phi) is 5.78. The van der Waals surface area contributed by atoms with Crippen molar-refractivity contribution in [3.63, 3.8) is 0 Å². The third kappa shape index (κ3) is 4.42. The number of carbonyl (C=O) groups excluding carboxylic acids is 2. The Morgan fingerprint density at radius 3 is 2.76 bits per heavy atom. The summed E-state index contributed by atoms with van der Waals surface area (Å²) >= 11 is 0. The van der Waals surface area contributed by atoms with Crippen molar-refractivity contribution in [2.45, 2.75) is 64.1 Å². The van der Waals surface area contributed by atoms with Gasteiger partial charge in [-0.15, -0.1) is 0 Å². The molecule has 2 heterocycles. The van der Waals surface area contributed by atoms with E-state index in [1.165, 1.54) is 19.3 Å². The number of hydrogen-bond donors (Lipinski definition) is 1. The van der Waals surface area contributed by atoms with Crippen LogP contribution in [0.1, 0.15) is 50.0 Å². The molecule has 2 aliphatic rings.